The average Bonchev–Trinajstić information content (AvgIpc) is 1.86. The summed E-state index contributed by atoms with van der Waals surface area (Å²) in [5.41, 5.74) is 0. The molecule has 1 aromatic rings. The fourth-order valence-corrected chi connectivity index (χ4v) is 0.197. The third kappa shape index (κ3) is 1.91. The molecule has 0 aliphatic rings. The van der Waals surface area contributed by atoms with E-state index in [4.69, 9.17) is 0 Å². The fraction of sp³-hybridized carbons (Fsp3) is 0. The van der Waals surface area contributed by atoms with Crippen LogP contribution >= 0.6 is 0 Å². The SMILES string of the molecule is [Na+].[O-]n1ccnn1. The Hall–Kier alpha value is -0.0600. The van der Waals surface area contributed by atoms with Crippen LogP contribution in [0.4, 0.5) is 0 Å². The van der Waals surface area contributed by atoms with Crippen LogP contribution in [0.2, 0.25) is 0 Å². The van der Waals surface area contributed by atoms with E-state index >= 15 is 0 Å². The first-order chi connectivity index (χ1) is 2.89. The quantitative estimate of drug-likeness (QED) is 0.325. The minimum absolute atomic E-state index is 0. The normalized spacial score (nSPS) is 7.43. The predicted molar refractivity (Wildman–Crippen MR) is 18.8 cm³/mol. The first-order valence-corrected chi connectivity index (χ1v) is 1.43. The molecular formula is C2H2N3NaO. The van der Waals surface area contributed by atoms with Gasteiger partial charge in [-0.2, -0.15) is 0 Å². The van der Waals surface area contributed by atoms with Crippen LogP contribution in [-0.2, 0) is 0 Å². The molecule has 32 valence electrons. The molecule has 0 aromatic carbocycles. The zero-order chi connectivity index (χ0) is 4.41. The van der Waals surface area contributed by atoms with Crippen molar-refractivity contribution in [2.45, 2.75) is 0 Å². The number of hydrogen-bond donors (Lipinski definition) is 0. The smallest absolute Gasteiger partial charge is 0.789 e. The van der Waals surface area contributed by atoms with Gasteiger partial charge in [0.2, 0.25) is 0 Å². The van der Waals surface area contributed by atoms with Gasteiger partial charge in [0.25, 0.3) is 0 Å². The van der Waals surface area contributed by atoms with E-state index in [0.29, 0.717) is 4.85 Å². The maximum absolute atomic E-state index is 9.81. The van der Waals surface area contributed by atoms with Gasteiger partial charge in [0, 0.05) is 6.20 Å². The van der Waals surface area contributed by atoms with E-state index in [1.54, 1.807) is 0 Å². The van der Waals surface area contributed by atoms with E-state index < -0.39 is 0 Å². The molecule has 0 spiro atoms. The van der Waals surface area contributed by atoms with Gasteiger partial charge in [-0.3, -0.25) is 4.85 Å². The molecular weight excluding hydrogens is 105 g/mol. The third-order valence-electron chi connectivity index (χ3n) is 0.401. The van der Waals surface area contributed by atoms with Crippen molar-refractivity contribution in [1.82, 2.24) is 15.2 Å². The van der Waals surface area contributed by atoms with Crippen LogP contribution < -0.4 is 29.6 Å². The molecule has 0 saturated carbocycles. The van der Waals surface area contributed by atoms with Crippen LogP contribution in [0.15, 0.2) is 12.4 Å². The van der Waals surface area contributed by atoms with Crippen molar-refractivity contribution in [2.24, 2.45) is 0 Å². The maximum atomic E-state index is 9.81. The summed E-state index contributed by atoms with van der Waals surface area (Å²) in [6, 6.07) is 0. The summed E-state index contributed by atoms with van der Waals surface area (Å²) in [6.07, 6.45) is 2.55. The number of aromatic nitrogens is 3. The minimum Gasteiger partial charge on any atom is -0.789 e. The van der Waals surface area contributed by atoms with E-state index in [2.05, 4.69) is 10.3 Å². The molecule has 7 heavy (non-hydrogen) atoms. The van der Waals surface area contributed by atoms with E-state index in [0.717, 1.165) is 0 Å². The summed E-state index contributed by atoms with van der Waals surface area (Å²) < 4.78 is 0. The van der Waals surface area contributed by atoms with Gasteiger partial charge in [0.05, 0.1) is 6.20 Å². The molecule has 1 heterocycles. The Balaban J connectivity index is 0.000000360. The standard InChI is InChI=1S/C2H2N3O.Na/c6-5-2-1-3-4-5;/h1-2H;/q-1;+1. The van der Waals surface area contributed by atoms with Gasteiger partial charge >= 0.3 is 29.6 Å². The second-order valence-electron chi connectivity index (χ2n) is 0.806. The molecule has 0 radical (unpaired) electrons. The van der Waals surface area contributed by atoms with Crippen LogP contribution in [0, 0.1) is 5.21 Å². The zero-order valence-electron chi connectivity index (χ0n) is 3.90. The fourth-order valence-electron chi connectivity index (χ4n) is 0.197. The summed E-state index contributed by atoms with van der Waals surface area (Å²) >= 11 is 0. The Bertz CT molecular complexity index is 116. The van der Waals surface area contributed by atoms with E-state index in [1.807, 2.05) is 0 Å². The summed E-state index contributed by atoms with van der Waals surface area (Å²) in [6.45, 7) is 0. The molecule has 0 unspecified atom stereocenters. The van der Waals surface area contributed by atoms with Crippen molar-refractivity contribution in [2.75, 3.05) is 0 Å². The summed E-state index contributed by atoms with van der Waals surface area (Å²) in [4.78, 5) is 0.389. The molecule has 0 fully saturated rings. The summed E-state index contributed by atoms with van der Waals surface area (Å²) in [7, 11) is 0. The van der Waals surface area contributed by atoms with Crippen molar-refractivity contribution >= 4 is 0 Å². The molecule has 4 nitrogen and oxygen atoms in total. The summed E-state index contributed by atoms with van der Waals surface area (Å²) in [5.74, 6) is 0. The van der Waals surface area contributed by atoms with Crippen LogP contribution in [0.1, 0.15) is 0 Å². The van der Waals surface area contributed by atoms with Crippen molar-refractivity contribution in [3.63, 3.8) is 0 Å². The largest absolute Gasteiger partial charge is 1.00 e. The van der Waals surface area contributed by atoms with E-state index in [-0.39, 0.29) is 29.6 Å². The van der Waals surface area contributed by atoms with Crippen LogP contribution in [0.3, 0.4) is 0 Å². The Morgan fingerprint density at radius 3 is 2.43 bits per heavy atom. The van der Waals surface area contributed by atoms with Gasteiger partial charge in [0.15, 0.2) is 0 Å². The van der Waals surface area contributed by atoms with Crippen molar-refractivity contribution < 1.29 is 29.6 Å². The van der Waals surface area contributed by atoms with Gasteiger partial charge in [-0.25, -0.2) is 0 Å². The van der Waals surface area contributed by atoms with Gasteiger partial charge in [0.1, 0.15) is 0 Å². The predicted octanol–water partition coefficient (Wildman–Crippen LogP) is -3.37. The van der Waals surface area contributed by atoms with E-state index in [9.17, 15) is 5.21 Å². The molecule has 5 heteroatoms. The minimum atomic E-state index is 0. The van der Waals surface area contributed by atoms with Crippen LogP contribution in [0.25, 0.3) is 0 Å². The molecule has 0 amide bonds. The molecule has 1 rings (SSSR count). The topological polar surface area (TPSA) is 53.8 Å². The van der Waals surface area contributed by atoms with Crippen LogP contribution in [0.5, 0.6) is 0 Å². The first kappa shape index (κ1) is 6.94. The molecule has 0 N–H and O–H groups in total. The molecule has 0 atom stereocenters. The first-order valence-electron chi connectivity index (χ1n) is 1.43. The Labute approximate surface area is 62.4 Å². The molecule has 0 saturated heterocycles. The molecule has 1 aromatic heterocycles. The molecule has 0 aliphatic heterocycles. The summed E-state index contributed by atoms with van der Waals surface area (Å²) in [5, 5.41) is 16.1. The zero-order valence-corrected chi connectivity index (χ0v) is 5.90. The van der Waals surface area contributed by atoms with Crippen molar-refractivity contribution in [1.29, 1.82) is 0 Å². The number of hydrogen-bond acceptors (Lipinski definition) is 3. The Morgan fingerprint density at radius 1 is 1.57 bits per heavy atom. The number of nitrogens with zero attached hydrogens (tertiary/aromatic N) is 3. The van der Waals surface area contributed by atoms with Crippen molar-refractivity contribution in [3.8, 4) is 0 Å². The monoisotopic (exact) mass is 107 g/mol. The van der Waals surface area contributed by atoms with Crippen molar-refractivity contribution in [3.05, 3.63) is 17.6 Å². The van der Waals surface area contributed by atoms with Gasteiger partial charge in [-0.05, 0) is 0 Å². The Morgan fingerprint density at radius 2 is 2.29 bits per heavy atom. The van der Waals surface area contributed by atoms with Gasteiger partial charge in [-0.1, -0.05) is 5.21 Å². The molecule has 0 bridgehead atoms. The maximum Gasteiger partial charge on any atom is 1.00 e. The van der Waals surface area contributed by atoms with Gasteiger partial charge < -0.3 is 5.21 Å². The van der Waals surface area contributed by atoms with Gasteiger partial charge in [-0.15, -0.1) is 5.10 Å². The Kier molecular flexibility index (Phi) is 2.98. The molecule has 0 aliphatic carbocycles. The second-order valence-corrected chi connectivity index (χ2v) is 0.806. The number of rotatable bonds is 0. The van der Waals surface area contributed by atoms with Crippen LogP contribution in [-0.4, -0.2) is 15.2 Å². The average molecular weight is 107 g/mol. The van der Waals surface area contributed by atoms with E-state index in [1.165, 1.54) is 12.4 Å². The second kappa shape index (κ2) is 3.01. The third-order valence-corrected chi connectivity index (χ3v) is 0.401.